The number of rotatable bonds is 5. The minimum absolute atomic E-state index is 0.153. The van der Waals surface area contributed by atoms with Crippen LogP contribution in [0.2, 0.25) is 0 Å². The van der Waals surface area contributed by atoms with Crippen LogP contribution in [-0.4, -0.2) is 27.0 Å². The molecule has 0 aliphatic heterocycles. The molecule has 0 aliphatic rings. The second kappa shape index (κ2) is 5.14. The Morgan fingerprint density at radius 2 is 2.17 bits per heavy atom. The summed E-state index contributed by atoms with van der Waals surface area (Å²) in [5.74, 6) is 1.52. The molecule has 2 heterocycles. The van der Waals surface area contributed by atoms with Gasteiger partial charge in [-0.05, 0) is 17.9 Å². The molecule has 0 aromatic carbocycles. The van der Waals surface area contributed by atoms with Gasteiger partial charge in [0.05, 0.1) is 11.8 Å². The summed E-state index contributed by atoms with van der Waals surface area (Å²) in [6, 6.07) is 1.97. The van der Waals surface area contributed by atoms with Gasteiger partial charge in [0.2, 0.25) is 0 Å². The number of nitrogens with one attached hydrogen (secondary N) is 1. The fourth-order valence-electron chi connectivity index (χ4n) is 1.86. The lowest BCUT2D eigenvalue weighted by atomic mass is 9.90. The number of aromatic nitrogens is 3. The van der Waals surface area contributed by atoms with E-state index in [-0.39, 0.29) is 5.41 Å². The Kier molecular flexibility index (Phi) is 3.76. The summed E-state index contributed by atoms with van der Waals surface area (Å²) in [5, 5.41) is 3.38. The Morgan fingerprint density at radius 1 is 1.39 bits per heavy atom. The van der Waals surface area contributed by atoms with E-state index >= 15 is 0 Å². The van der Waals surface area contributed by atoms with E-state index in [9.17, 15) is 0 Å². The zero-order valence-electron chi connectivity index (χ0n) is 11.1. The highest BCUT2D eigenvalue weighted by Crippen LogP contribution is 2.24. The van der Waals surface area contributed by atoms with Gasteiger partial charge in [-0.25, -0.2) is 9.97 Å². The number of hydrogen-bond donors (Lipinski definition) is 1. The van der Waals surface area contributed by atoms with Crippen LogP contribution in [0.4, 0.5) is 5.82 Å². The van der Waals surface area contributed by atoms with Crippen LogP contribution in [0.1, 0.15) is 20.3 Å². The second-order valence-electron chi connectivity index (χ2n) is 5.34. The lowest BCUT2D eigenvalue weighted by molar-refractivity contribution is 0.379. The maximum absolute atomic E-state index is 5.81. The Morgan fingerprint density at radius 3 is 2.89 bits per heavy atom. The Hall–Kier alpha value is -1.29. The molecule has 2 aromatic rings. The molecule has 0 saturated heterocycles. The zero-order chi connectivity index (χ0) is 13.2. The summed E-state index contributed by atoms with van der Waals surface area (Å²) in [6.07, 6.45) is 4.59. The fourth-order valence-corrected chi connectivity index (χ4v) is 2.37. The van der Waals surface area contributed by atoms with Crippen LogP contribution >= 0.6 is 11.6 Å². The van der Waals surface area contributed by atoms with Crippen LogP contribution in [0.15, 0.2) is 18.6 Å². The standard InChI is InChI=1S/C13H19ClN4/c1-13(2,5-6-14)8-16-12-11-10(4-7-15-12)18(3)9-17-11/h4,7,9H,5-6,8H2,1-3H3,(H,15,16). The van der Waals surface area contributed by atoms with Crippen molar-refractivity contribution < 1.29 is 0 Å². The molecule has 98 valence electrons. The Balaban J connectivity index is 2.17. The van der Waals surface area contributed by atoms with E-state index in [1.54, 1.807) is 12.5 Å². The molecule has 0 spiro atoms. The topological polar surface area (TPSA) is 42.7 Å². The molecule has 4 nitrogen and oxygen atoms in total. The first kappa shape index (κ1) is 13.1. The fraction of sp³-hybridized carbons (Fsp3) is 0.538. The van der Waals surface area contributed by atoms with Gasteiger partial charge in [0.1, 0.15) is 5.52 Å². The minimum Gasteiger partial charge on any atom is -0.368 e. The molecule has 0 bridgehead atoms. The minimum atomic E-state index is 0.153. The average molecular weight is 267 g/mol. The highest BCUT2D eigenvalue weighted by Gasteiger charge is 2.17. The molecule has 0 unspecified atom stereocenters. The summed E-state index contributed by atoms with van der Waals surface area (Å²) >= 11 is 5.81. The molecule has 2 rings (SSSR count). The number of pyridine rings is 1. The average Bonchev–Trinajstić information content (AvgIpc) is 2.69. The van der Waals surface area contributed by atoms with Gasteiger partial charge < -0.3 is 9.88 Å². The van der Waals surface area contributed by atoms with Gasteiger partial charge in [-0.2, -0.15) is 0 Å². The molecule has 0 fully saturated rings. The van der Waals surface area contributed by atoms with Crippen LogP contribution in [0.25, 0.3) is 11.0 Å². The van der Waals surface area contributed by atoms with Gasteiger partial charge in [-0.1, -0.05) is 13.8 Å². The van der Waals surface area contributed by atoms with Gasteiger partial charge in [-0.15, -0.1) is 11.6 Å². The molecule has 0 atom stereocenters. The van der Waals surface area contributed by atoms with Crippen LogP contribution in [0, 0.1) is 5.41 Å². The molecular formula is C13H19ClN4. The monoisotopic (exact) mass is 266 g/mol. The molecular weight excluding hydrogens is 248 g/mol. The highest BCUT2D eigenvalue weighted by atomic mass is 35.5. The molecule has 0 amide bonds. The maximum Gasteiger partial charge on any atom is 0.154 e. The predicted molar refractivity (Wildman–Crippen MR) is 76.1 cm³/mol. The summed E-state index contributed by atoms with van der Waals surface area (Å²) in [4.78, 5) is 8.74. The van der Waals surface area contributed by atoms with E-state index in [4.69, 9.17) is 11.6 Å². The summed E-state index contributed by atoms with van der Waals surface area (Å²) < 4.78 is 1.99. The van der Waals surface area contributed by atoms with Gasteiger partial charge in [-0.3, -0.25) is 0 Å². The summed E-state index contributed by atoms with van der Waals surface area (Å²) in [7, 11) is 1.98. The Labute approximate surface area is 112 Å². The number of halogens is 1. The van der Waals surface area contributed by atoms with E-state index in [1.807, 2.05) is 17.7 Å². The largest absolute Gasteiger partial charge is 0.368 e. The quantitative estimate of drug-likeness (QED) is 0.846. The van der Waals surface area contributed by atoms with Crippen LogP contribution in [0.5, 0.6) is 0 Å². The molecule has 5 heteroatoms. The van der Waals surface area contributed by atoms with Crippen molar-refractivity contribution in [2.24, 2.45) is 12.5 Å². The number of hydrogen-bond acceptors (Lipinski definition) is 3. The zero-order valence-corrected chi connectivity index (χ0v) is 11.8. The lowest BCUT2D eigenvalue weighted by Gasteiger charge is -2.24. The number of anilines is 1. The van der Waals surface area contributed by atoms with E-state index in [0.717, 1.165) is 29.8 Å². The van der Waals surface area contributed by atoms with Crippen molar-refractivity contribution in [3.05, 3.63) is 18.6 Å². The number of nitrogens with zero attached hydrogens (tertiary/aromatic N) is 3. The second-order valence-corrected chi connectivity index (χ2v) is 5.72. The predicted octanol–water partition coefficient (Wildman–Crippen LogP) is 3.04. The smallest absolute Gasteiger partial charge is 0.154 e. The number of alkyl halides is 1. The molecule has 0 aliphatic carbocycles. The summed E-state index contributed by atoms with van der Waals surface area (Å²) in [5.41, 5.74) is 2.16. The van der Waals surface area contributed by atoms with Gasteiger partial charge in [0, 0.05) is 25.7 Å². The first-order chi connectivity index (χ1) is 8.53. The van der Waals surface area contributed by atoms with E-state index in [0.29, 0.717) is 5.88 Å². The van der Waals surface area contributed by atoms with Crippen LogP contribution in [0.3, 0.4) is 0 Å². The molecule has 0 saturated carbocycles. The van der Waals surface area contributed by atoms with Crippen molar-refractivity contribution in [2.75, 3.05) is 17.7 Å². The summed E-state index contributed by atoms with van der Waals surface area (Å²) in [6.45, 7) is 5.23. The van der Waals surface area contributed by atoms with Gasteiger partial charge in [0.25, 0.3) is 0 Å². The van der Waals surface area contributed by atoms with Crippen molar-refractivity contribution in [3.63, 3.8) is 0 Å². The number of imidazole rings is 1. The third-order valence-corrected chi connectivity index (χ3v) is 3.34. The van der Waals surface area contributed by atoms with Crippen molar-refractivity contribution in [2.45, 2.75) is 20.3 Å². The molecule has 1 N–H and O–H groups in total. The first-order valence-corrected chi connectivity index (χ1v) is 6.63. The van der Waals surface area contributed by atoms with E-state index in [1.165, 1.54) is 0 Å². The normalized spacial score (nSPS) is 12.0. The maximum atomic E-state index is 5.81. The van der Waals surface area contributed by atoms with Crippen molar-refractivity contribution in [1.29, 1.82) is 0 Å². The molecule has 18 heavy (non-hydrogen) atoms. The SMILES string of the molecule is Cn1cnc2c(NCC(C)(C)CCCl)nccc21. The van der Waals surface area contributed by atoms with Crippen molar-refractivity contribution >= 4 is 28.5 Å². The highest BCUT2D eigenvalue weighted by molar-refractivity contribution is 6.17. The van der Waals surface area contributed by atoms with Gasteiger partial charge in [0.15, 0.2) is 5.82 Å². The number of aryl methyl sites for hydroxylation is 1. The Bertz CT molecular complexity index is 533. The molecule has 2 aromatic heterocycles. The van der Waals surface area contributed by atoms with E-state index in [2.05, 4.69) is 29.1 Å². The van der Waals surface area contributed by atoms with Gasteiger partial charge >= 0.3 is 0 Å². The lowest BCUT2D eigenvalue weighted by Crippen LogP contribution is -2.24. The number of fused-ring (bicyclic) bond motifs is 1. The van der Waals surface area contributed by atoms with Crippen molar-refractivity contribution in [1.82, 2.24) is 14.5 Å². The third-order valence-electron chi connectivity index (χ3n) is 3.15. The van der Waals surface area contributed by atoms with E-state index < -0.39 is 0 Å². The van der Waals surface area contributed by atoms with Crippen molar-refractivity contribution in [3.8, 4) is 0 Å². The molecule has 0 radical (unpaired) electrons. The third kappa shape index (κ3) is 2.75. The first-order valence-electron chi connectivity index (χ1n) is 6.09. The van der Waals surface area contributed by atoms with Crippen LogP contribution in [-0.2, 0) is 7.05 Å². The van der Waals surface area contributed by atoms with Crippen LogP contribution < -0.4 is 5.32 Å².